The van der Waals surface area contributed by atoms with Gasteiger partial charge in [-0.3, -0.25) is 4.79 Å². The highest BCUT2D eigenvalue weighted by Gasteiger charge is 2.27. The largest absolute Gasteiger partial charge is 0.324 e. The topological polar surface area (TPSA) is 78.5 Å². The van der Waals surface area contributed by atoms with Gasteiger partial charge in [-0.25, -0.2) is 8.42 Å². The van der Waals surface area contributed by atoms with Gasteiger partial charge < -0.3 is 10.6 Å². The molecule has 0 radical (unpaired) electrons. The van der Waals surface area contributed by atoms with E-state index in [9.17, 15) is 13.2 Å². The second-order valence-corrected chi connectivity index (χ2v) is 10.4. The maximum absolute atomic E-state index is 12.8. The normalized spacial score (nSPS) is 15.7. The van der Waals surface area contributed by atoms with E-state index in [1.165, 1.54) is 27.9 Å². The molecule has 0 aromatic heterocycles. The van der Waals surface area contributed by atoms with E-state index < -0.39 is 10.0 Å². The van der Waals surface area contributed by atoms with Gasteiger partial charge in [0.1, 0.15) is 0 Å². The summed E-state index contributed by atoms with van der Waals surface area (Å²) < 4.78 is 27.1. The molecule has 0 saturated carbocycles. The summed E-state index contributed by atoms with van der Waals surface area (Å²) in [6.45, 7) is 3.09. The third-order valence-electron chi connectivity index (χ3n) is 5.76. The molecule has 1 atom stereocenters. The highest BCUT2D eigenvalue weighted by molar-refractivity contribution is 7.89. The number of carbonyl (C=O) groups is 1. The SMILES string of the molecule is C[C@@H](NCC(=O)Nc1cc(S(=O)(=O)N2CCCC2)ccc1Cl)c1ccc2ccccc2c1. The van der Waals surface area contributed by atoms with Crippen LogP contribution in [-0.4, -0.2) is 38.3 Å². The van der Waals surface area contributed by atoms with Crippen molar-refractivity contribution in [1.29, 1.82) is 0 Å². The Morgan fingerprint density at radius 1 is 1.03 bits per heavy atom. The van der Waals surface area contributed by atoms with E-state index in [4.69, 9.17) is 11.6 Å². The molecule has 4 rings (SSSR count). The number of fused-ring (bicyclic) bond motifs is 1. The standard InChI is InChI=1S/C24H26ClN3O3S/c1-17(19-9-8-18-6-2-3-7-20(18)14-19)26-16-24(29)27-23-15-21(10-11-22(23)25)32(30,31)28-12-4-5-13-28/h2-3,6-11,14-15,17,26H,4-5,12-13,16H2,1H3,(H,27,29)/t17-/m1/s1. The van der Waals surface area contributed by atoms with E-state index in [1.807, 2.05) is 25.1 Å². The summed E-state index contributed by atoms with van der Waals surface area (Å²) >= 11 is 6.22. The molecule has 32 heavy (non-hydrogen) atoms. The van der Waals surface area contributed by atoms with Crippen LogP contribution in [0.15, 0.2) is 65.6 Å². The number of amides is 1. The lowest BCUT2D eigenvalue weighted by molar-refractivity contribution is -0.115. The number of hydrogen-bond donors (Lipinski definition) is 2. The molecular weight excluding hydrogens is 446 g/mol. The van der Waals surface area contributed by atoms with Crippen LogP contribution in [0.5, 0.6) is 0 Å². The van der Waals surface area contributed by atoms with Crippen molar-refractivity contribution in [2.24, 2.45) is 0 Å². The van der Waals surface area contributed by atoms with E-state index in [-0.39, 0.29) is 29.1 Å². The zero-order valence-electron chi connectivity index (χ0n) is 17.8. The third-order valence-corrected chi connectivity index (χ3v) is 7.98. The molecule has 1 aliphatic rings. The van der Waals surface area contributed by atoms with Crippen molar-refractivity contribution in [1.82, 2.24) is 9.62 Å². The lowest BCUT2D eigenvalue weighted by Gasteiger charge is -2.17. The molecule has 2 N–H and O–H groups in total. The molecule has 1 aliphatic heterocycles. The second kappa shape index (κ2) is 9.58. The summed E-state index contributed by atoms with van der Waals surface area (Å²) in [4.78, 5) is 12.7. The van der Waals surface area contributed by atoms with Crippen molar-refractivity contribution in [2.75, 3.05) is 25.0 Å². The first-order chi connectivity index (χ1) is 15.3. The summed E-state index contributed by atoms with van der Waals surface area (Å²) in [5, 5.41) is 8.55. The molecule has 0 unspecified atom stereocenters. The predicted molar refractivity (Wildman–Crippen MR) is 128 cm³/mol. The quantitative estimate of drug-likeness (QED) is 0.529. The number of hydrogen-bond acceptors (Lipinski definition) is 4. The van der Waals surface area contributed by atoms with Crippen molar-refractivity contribution in [3.05, 3.63) is 71.2 Å². The van der Waals surface area contributed by atoms with E-state index in [0.717, 1.165) is 23.8 Å². The number of carbonyl (C=O) groups excluding carboxylic acids is 1. The van der Waals surface area contributed by atoms with Gasteiger partial charge in [0, 0.05) is 19.1 Å². The fourth-order valence-corrected chi connectivity index (χ4v) is 5.58. The van der Waals surface area contributed by atoms with Crippen LogP contribution in [-0.2, 0) is 14.8 Å². The molecule has 0 aliphatic carbocycles. The maximum Gasteiger partial charge on any atom is 0.243 e. The third kappa shape index (κ3) is 4.96. The van der Waals surface area contributed by atoms with Crippen LogP contribution < -0.4 is 10.6 Å². The van der Waals surface area contributed by atoms with Crippen LogP contribution >= 0.6 is 11.6 Å². The lowest BCUT2D eigenvalue weighted by Crippen LogP contribution is -2.30. The van der Waals surface area contributed by atoms with Crippen LogP contribution in [0.3, 0.4) is 0 Å². The molecule has 1 heterocycles. The Labute approximate surface area is 193 Å². The van der Waals surface area contributed by atoms with E-state index in [0.29, 0.717) is 18.1 Å². The summed E-state index contributed by atoms with van der Waals surface area (Å²) in [5.74, 6) is -0.296. The Bertz CT molecular complexity index is 1240. The van der Waals surface area contributed by atoms with Gasteiger partial charge in [-0.1, -0.05) is 48.0 Å². The molecule has 0 bridgehead atoms. The predicted octanol–water partition coefficient (Wildman–Crippen LogP) is 4.57. The average molecular weight is 472 g/mol. The first-order valence-electron chi connectivity index (χ1n) is 10.7. The Morgan fingerprint density at radius 2 is 1.75 bits per heavy atom. The Kier molecular flexibility index (Phi) is 6.81. The summed E-state index contributed by atoms with van der Waals surface area (Å²) in [6.07, 6.45) is 1.72. The van der Waals surface area contributed by atoms with Gasteiger partial charge in [-0.2, -0.15) is 4.31 Å². The van der Waals surface area contributed by atoms with Gasteiger partial charge in [0.15, 0.2) is 0 Å². The van der Waals surface area contributed by atoms with Gasteiger partial charge in [-0.15, -0.1) is 0 Å². The lowest BCUT2D eigenvalue weighted by atomic mass is 10.0. The highest BCUT2D eigenvalue weighted by atomic mass is 35.5. The first-order valence-corrected chi connectivity index (χ1v) is 12.5. The van der Waals surface area contributed by atoms with E-state index in [1.54, 1.807) is 0 Å². The van der Waals surface area contributed by atoms with Crippen LogP contribution in [0.2, 0.25) is 5.02 Å². The zero-order valence-corrected chi connectivity index (χ0v) is 19.4. The number of nitrogens with one attached hydrogen (secondary N) is 2. The molecule has 6 nitrogen and oxygen atoms in total. The molecule has 1 fully saturated rings. The minimum atomic E-state index is -3.59. The average Bonchev–Trinajstić information content (AvgIpc) is 3.34. The summed E-state index contributed by atoms with van der Waals surface area (Å²) in [6, 6.07) is 18.7. The van der Waals surface area contributed by atoms with Crippen molar-refractivity contribution >= 4 is 44.0 Å². The number of halogens is 1. The molecule has 1 saturated heterocycles. The first kappa shape index (κ1) is 22.7. The Morgan fingerprint density at radius 3 is 2.50 bits per heavy atom. The monoisotopic (exact) mass is 471 g/mol. The number of benzene rings is 3. The van der Waals surface area contributed by atoms with Crippen molar-refractivity contribution in [3.8, 4) is 0 Å². The van der Waals surface area contributed by atoms with Crippen LogP contribution in [0.1, 0.15) is 31.4 Å². The van der Waals surface area contributed by atoms with Gasteiger partial charge >= 0.3 is 0 Å². The van der Waals surface area contributed by atoms with Crippen molar-refractivity contribution < 1.29 is 13.2 Å². The fourth-order valence-electron chi connectivity index (χ4n) is 3.87. The highest BCUT2D eigenvalue weighted by Crippen LogP contribution is 2.28. The molecule has 3 aromatic rings. The Hall–Kier alpha value is -2.45. The van der Waals surface area contributed by atoms with Gasteiger partial charge in [0.2, 0.25) is 15.9 Å². The fraction of sp³-hybridized carbons (Fsp3) is 0.292. The van der Waals surface area contributed by atoms with E-state index >= 15 is 0 Å². The van der Waals surface area contributed by atoms with Gasteiger partial charge in [0.05, 0.1) is 22.2 Å². The zero-order chi connectivity index (χ0) is 22.7. The summed E-state index contributed by atoms with van der Waals surface area (Å²) in [7, 11) is -3.59. The van der Waals surface area contributed by atoms with Crippen molar-refractivity contribution in [3.63, 3.8) is 0 Å². The van der Waals surface area contributed by atoms with Gasteiger partial charge in [0.25, 0.3) is 0 Å². The van der Waals surface area contributed by atoms with Crippen molar-refractivity contribution in [2.45, 2.75) is 30.7 Å². The van der Waals surface area contributed by atoms with Crippen LogP contribution in [0.25, 0.3) is 10.8 Å². The molecule has 8 heteroatoms. The number of sulfonamides is 1. The smallest absolute Gasteiger partial charge is 0.243 e. The molecular formula is C24H26ClN3O3S. The van der Waals surface area contributed by atoms with Crippen LogP contribution in [0, 0.1) is 0 Å². The number of rotatable bonds is 7. The minimum Gasteiger partial charge on any atom is -0.324 e. The number of nitrogens with zero attached hydrogens (tertiary/aromatic N) is 1. The second-order valence-electron chi connectivity index (χ2n) is 8.01. The van der Waals surface area contributed by atoms with Crippen LogP contribution in [0.4, 0.5) is 5.69 Å². The molecule has 1 amide bonds. The molecule has 168 valence electrons. The minimum absolute atomic E-state index is 0.0392. The number of anilines is 1. The van der Waals surface area contributed by atoms with E-state index in [2.05, 4.69) is 34.9 Å². The van der Waals surface area contributed by atoms with Gasteiger partial charge in [-0.05, 0) is 60.4 Å². The Balaban J connectivity index is 1.41. The molecule has 0 spiro atoms. The maximum atomic E-state index is 12.8. The summed E-state index contributed by atoms with van der Waals surface area (Å²) in [5.41, 5.74) is 1.37. The molecule has 3 aromatic carbocycles.